The van der Waals surface area contributed by atoms with Gasteiger partial charge in [0, 0.05) is 21.0 Å². The van der Waals surface area contributed by atoms with E-state index in [2.05, 4.69) is 54.0 Å². The van der Waals surface area contributed by atoms with Gasteiger partial charge in [-0.1, -0.05) is 5.10 Å². The van der Waals surface area contributed by atoms with E-state index < -0.39 is 0 Å². The first-order valence-corrected chi connectivity index (χ1v) is 6.81. The Morgan fingerprint density at radius 1 is 1.41 bits per heavy atom. The fourth-order valence-electron chi connectivity index (χ4n) is 1.24. The minimum absolute atomic E-state index is 0.371. The zero-order valence-electron chi connectivity index (χ0n) is 8.78. The number of hydrogen-bond donors (Lipinski definition) is 2. The van der Waals surface area contributed by atoms with Crippen LogP contribution >= 0.6 is 38.5 Å². The number of nitrogens with two attached hydrogens (primary N) is 1. The molecule has 0 saturated carbocycles. The Bertz CT molecular complexity index is 517. The van der Waals surface area contributed by atoms with Crippen molar-refractivity contribution in [2.24, 2.45) is 5.73 Å². The summed E-state index contributed by atoms with van der Waals surface area (Å²) in [7, 11) is 0. The first kappa shape index (κ1) is 12.8. The topological polar surface area (TPSA) is 77.0 Å². The first-order chi connectivity index (χ1) is 8.19. The van der Waals surface area contributed by atoms with Crippen molar-refractivity contribution in [3.05, 3.63) is 32.1 Å². The van der Waals surface area contributed by atoms with E-state index in [1.54, 1.807) is 0 Å². The molecule has 17 heavy (non-hydrogen) atoms. The lowest BCUT2D eigenvalue weighted by Crippen LogP contribution is -2.02. The Kier molecular flexibility index (Phi) is 4.35. The van der Waals surface area contributed by atoms with E-state index in [4.69, 9.17) is 10.2 Å². The molecule has 1 aromatic carbocycles. The lowest BCUT2D eigenvalue weighted by Gasteiger charge is -2.04. The maximum absolute atomic E-state index is 5.41. The molecule has 0 spiro atoms. The molecular weight excluding hydrogens is 399 g/mol. The van der Waals surface area contributed by atoms with Crippen LogP contribution in [0.25, 0.3) is 0 Å². The summed E-state index contributed by atoms with van der Waals surface area (Å²) >= 11 is 5.69. The van der Waals surface area contributed by atoms with Crippen LogP contribution in [0.4, 0.5) is 11.7 Å². The maximum atomic E-state index is 5.41. The molecule has 1 heterocycles. The summed E-state index contributed by atoms with van der Waals surface area (Å²) in [4.78, 5) is 0. The summed E-state index contributed by atoms with van der Waals surface area (Å²) in [6, 6.07) is 6.32. The second-order valence-corrected chi connectivity index (χ2v) is 5.39. The average Bonchev–Trinajstić information content (AvgIpc) is 2.72. The van der Waals surface area contributed by atoms with E-state index in [1.165, 1.54) is 0 Å². The molecule has 0 aliphatic carbocycles. The third-order valence-electron chi connectivity index (χ3n) is 2.00. The normalized spacial score (nSPS) is 10.5. The third kappa shape index (κ3) is 3.39. The highest BCUT2D eigenvalue weighted by molar-refractivity contribution is 14.1. The van der Waals surface area contributed by atoms with Gasteiger partial charge in [0.15, 0.2) is 0 Å². The fourth-order valence-corrected chi connectivity index (χ4v) is 2.07. The van der Waals surface area contributed by atoms with Gasteiger partial charge in [0.2, 0.25) is 5.89 Å². The van der Waals surface area contributed by atoms with Crippen LogP contribution in [0.3, 0.4) is 0 Å². The molecule has 0 radical (unpaired) electrons. The van der Waals surface area contributed by atoms with Gasteiger partial charge in [0.05, 0.1) is 5.69 Å². The molecule has 7 heteroatoms. The van der Waals surface area contributed by atoms with Crippen LogP contribution in [0.1, 0.15) is 5.89 Å². The van der Waals surface area contributed by atoms with Crippen molar-refractivity contribution in [1.29, 1.82) is 0 Å². The molecule has 0 aliphatic heterocycles. The predicted molar refractivity (Wildman–Crippen MR) is 77.2 cm³/mol. The maximum Gasteiger partial charge on any atom is 0.320 e. The van der Waals surface area contributed by atoms with Gasteiger partial charge in [-0.25, -0.2) is 0 Å². The largest absolute Gasteiger partial charge is 0.408 e. The van der Waals surface area contributed by atoms with Crippen molar-refractivity contribution in [1.82, 2.24) is 10.2 Å². The van der Waals surface area contributed by atoms with Crippen LogP contribution in [0.5, 0.6) is 0 Å². The molecule has 5 nitrogen and oxygen atoms in total. The molecule has 0 amide bonds. The Balaban J connectivity index is 2.16. The lowest BCUT2D eigenvalue weighted by atomic mass is 10.3. The second kappa shape index (κ2) is 5.78. The standard InChI is InChI=1S/C10H10BrIN4O/c11-7-2-1-6(12)5-8(7)14-10-16-15-9(17-10)3-4-13/h1-2,5H,3-4,13H2,(H,14,16). The van der Waals surface area contributed by atoms with E-state index in [1.807, 2.05) is 18.2 Å². The van der Waals surface area contributed by atoms with Gasteiger partial charge in [-0.05, 0) is 56.7 Å². The molecule has 0 aliphatic rings. The monoisotopic (exact) mass is 408 g/mol. The van der Waals surface area contributed by atoms with Crippen LogP contribution in [-0.4, -0.2) is 16.7 Å². The van der Waals surface area contributed by atoms with Gasteiger partial charge >= 0.3 is 6.01 Å². The SMILES string of the molecule is NCCc1nnc(Nc2cc(I)ccc2Br)o1. The number of nitrogens with one attached hydrogen (secondary N) is 1. The van der Waals surface area contributed by atoms with Crippen molar-refractivity contribution in [3.8, 4) is 0 Å². The summed E-state index contributed by atoms with van der Waals surface area (Å²) in [6.45, 7) is 0.495. The summed E-state index contributed by atoms with van der Waals surface area (Å²) < 4.78 is 7.45. The summed E-state index contributed by atoms with van der Waals surface area (Å²) in [5, 5.41) is 10.8. The zero-order valence-corrected chi connectivity index (χ0v) is 12.5. The van der Waals surface area contributed by atoms with E-state index >= 15 is 0 Å². The lowest BCUT2D eigenvalue weighted by molar-refractivity contribution is 0.510. The summed E-state index contributed by atoms with van der Waals surface area (Å²) in [6.07, 6.45) is 0.585. The Morgan fingerprint density at radius 3 is 3.00 bits per heavy atom. The first-order valence-electron chi connectivity index (χ1n) is 4.93. The highest BCUT2D eigenvalue weighted by atomic mass is 127. The number of halogens is 2. The van der Waals surface area contributed by atoms with Crippen molar-refractivity contribution in [2.45, 2.75) is 6.42 Å². The highest BCUT2D eigenvalue weighted by Gasteiger charge is 2.07. The van der Waals surface area contributed by atoms with Gasteiger partial charge in [-0.2, -0.15) is 0 Å². The molecule has 0 saturated heterocycles. The number of aromatic nitrogens is 2. The Hall–Kier alpha value is -0.670. The Labute approximate surface area is 120 Å². The number of nitrogens with zero attached hydrogens (tertiary/aromatic N) is 2. The number of anilines is 2. The van der Waals surface area contributed by atoms with Gasteiger partial charge in [0.1, 0.15) is 0 Å². The minimum atomic E-state index is 0.371. The molecule has 0 unspecified atom stereocenters. The minimum Gasteiger partial charge on any atom is -0.408 e. The average molecular weight is 409 g/mol. The summed E-state index contributed by atoms with van der Waals surface area (Å²) in [5.41, 5.74) is 6.30. The molecule has 3 N–H and O–H groups in total. The quantitative estimate of drug-likeness (QED) is 0.760. The van der Waals surface area contributed by atoms with Gasteiger partial charge in [0.25, 0.3) is 0 Å². The molecule has 2 rings (SSSR count). The molecule has 90 valence electrons. The molecule has 0 atom stereocenters. The van der Waals surface area contributed by atoms with E-state index in [-0.39, 0.29) is 0 Å². The number of benzene rings is 1. The molecular formula is C10H10BrIN4O. The number of rotatable bonds is 4. The van der Waals surface area contributed by atoms with Crippen LogP contribution in [-0.2, 0) is 6.42 Å². The second-order valence-electron chi connectivity index (χ2n) is 3.29. The molecule has 1 aromatic heterocycles. The van der Waals surface area contributed by atoms with Crippen molar-refractivity contribution in [3.63, 3.8) is 0 Å². The van der Waals surface area contributed by atoms with Gasteiger partial charge < -0.3 is 15.5 Å². The molecule has 0 fully saturated rings. The van der Waals surface area contributed by atoms with Crippen molar-refractivity contribution < 1.29 is 4.42 Å². The summed E-state index contributed by atoms with van der Waals surface area (Å²) in [5.74, 6) is 0.539. The third-order valence-corrected chi connectivity index (χ3v) is 3.36. The van der Waals surface area contributed by atoms with Crippen LogP contribution in [0, 0.1) is 3.57 Å². The van der Waals surface area contributed by atoms with Gasteiger partial charge in [-0.15, -0.1) is 5.10 Å². The fraction of sp³-hybridized carbons (Fsp3) is 0.200. The molecule has 0 bridgehead atoms. The van der Waals surface area contributed by atoms with Crippen LogP contribution in [0.15, 0.2) is 27.1 Å². The predicted octanol–water partition coefficient (Wildman–Crippen LogP) is 2.68. The van der Waals surface area contributed by atoms with E-state index in [0.29, 0.717) is 24.9 Å². The number of hydrogen-bond acceptors (Lipinski definition) is 5. The van der Waals surface area contributed by atoms with Crippen molar-refractivity contribution in [2.75, 3.05) is 11.9 Å². The van der Waals surface area contributed by atoms with Gasteiger partial charge in [-0.3, -0.25) is 0 Å². The van der Waals surface area contributed by atoms with E-state index in [0.717, 1.165) is 13.7 Å². The Morgan fingerprint density at radius 2 is 2.24 bits per heavy atom. The smallest absolute Gasteiger partial charge is 0.320 e. The van der Waals surface area contributed by atoms with Crippen LogP contribution < -0.4 is 11.1 Å². The van der Waals surface area contributed by atoms with E-state index in [9.17, 15) is 0 Å². The molecule has 2 aromatic rings. The zero-order chi connectivity index (χ0) is 12.3. The highest BCUT2D eigenvalue weighted by Crippen LogP contribution is 2.27. The van der Waals surface area contributed by atoms with Crippen LogP contribution in [0.2, 0.25) is 0 Å². The van der Waals surface area contributed by atoms with Crippen molar-refractivity contribution >= 4 is 50.2 Å².